The van der Waals surface area contributed by atoms with Gasteiger partial charge in [-0.2, -0.15) is 17.9 Å². The maximum absolute atomic E-state index is 14.2. The number of ether oxygens (including phenoxy) is 1. The van der Waals surface area contributed by atoms with Crippen LogP contribution < -0.4 is 10.1 Å². The number of carbonyl (C=O) groups excluding carboxylic acids is 1. The summed E-state index contributed by atoms with van der Waals surface area (Å²) in [6, 6.07) is 11.7. The summed E-state index contributed by atoms with van der Waals surface area (Å²) >= 11 is 0.396. The van der Waals surface area contributed by atoms with Crippen LogP contribution in [0.15, 0.2) is 53.7 Å². The molecule has 2 heterocycles. The van der Waals surface area contributed by atoms with E-state index in [1.54, 1.807) is 12.1 Å². The minimum absolute atomic E-state index is 0.138. The van der Waals surface area contributed by atoms with E-state index in [9.17, 15) is 18.0 Å². The van der Waals surface area contributed by atoms with Gasteiger partial charge in [0.2, 0.25) is 4.87 Å². The first kappa shape index (κ1) is 20.3. The van der Waals surface area contributed by atoms with Gasteiger partial charge in [0, 0.05) is 5.56 Å². The Balaban J connectivity index is 1.77. The molecule has 30 heavy (non-hydrogen) atoms. The lowest BCUT2D eigenvalue weighted by Gasteiger charge is -2.37. The number of aryl methyl sites for hydroxylation is 1. The number of rotatable bonds is 4. The number of thioether (sulfide) groups is 1. The van der Waals surface area contributed by atoms with Crippen molar-refractivity contribution in [3.63, 3.8) is 0 Å². The quantitative estimate of drug-likeness (QED) is 0.650. The van der Waals surface area contributed by atoms with Crippen LogP contribution in [0.25, 0.3) is 11.4 Å². The molecule has 1 aliphatic rings. The van der Waals surface area contributed by atoms with Crippen LogP contribution in [-0.2, 0) is 11.3 Å². The number of methoxy groups -OCH3 is 1. The highest BCUT2D eigenvalue weighted by molar-refractivity contribution is 8.00. The molecule has 0 bridgehead atoms. The zero-order chi connectivity index (χ0) is 21.5. The summed E-state index contributed by atoms with van der Waals surface area (Å²) < 4.78 is 48.5. The topological polar surface area (TPSA) is 69.0 Å². The number of amides is 1. The van der Waals surface area contributed by atoms with Crippen molar-refractivity contribution in [1.82, 2.24) is 20.1 Å². The Morgan fingerprint density at radius 1 is 1.13 bits per heavy atom. The fourth-order valence-corrected chi connectivity index (χ4v) is 4.25. The summed E-state index contributed by atoms with van der Waals surface area (Å²) in [5.41, 5.74) is 1.58. The highest BCUT2D eigenvalue weighted by Gasteiger charge is 2.61. The molecule has 0 spiro atoms. The van der Waals surface area contributed by atoms with Gasteiger partial charge in [0.05, 0.1) is 7.11 Å². The van der Waals surface area contributed by atoms with Crippen molar-refractivity contribution in [3.05, 3.63) is 59.7 Å². The molecule has 0 unspecified atom stereocenters. The molecule has 0 aliphatic carbocycles. The minimum atomic E-state index is -4.79. The van der Waals surface area contributed by atoms with E-state index >= 15 is 0 Å². The van der Waals surface area contributed by atoms with Gasteiger partial charge in [0.25, 0.3) is 0 Å². The Labute approximate surface area is 174 Å². The lowest BCUT2D eigenvalue weighted by molar-refractivity contribution is -0.168. The number of halogens is 3. The maximum Gasteiger partial charge on any atom is 0.425 e. The van der Waals surface area contributed by atoms with Gasteiger partial charge in [-0.15, -0.1) is 5.10 Å². The molecule has 2 aromatic carbocycles. The van der Waals surface area contributed by atoms with E-state index in [0.29, 0.717) is 23.1 Å². The summed E-state index contributed by atoms with van der Waals surface area (Å²) in [5, 5.41) is 6.06. The van der Waals surface area contributed by atoms with Crippen molar-refractivity contribution in [3.8, 4) is 17.1 Å². The van der Waals surface area contributed by atoms with Crippen LogP contribution in [0.4, 0.5) is 18.0 Å². The lowest BCUT2D eigenvalue weighted by atomic mass is 10.1. The first-order chi connectivity index (χ1) is 14.3. The highest BCUT2D eigenvalue weighted by Crippen LogP contribution is 2.52. The van der Waals surface area contributed by atoms with E-state index in [1.807, 2.05) is 19.1 Å². The number of fused-ring (bicyclic) bond motifs is 1. The van der Waals surface area contributed by atoms with Crippen molar-refractivity contribution < 1.29 is 22.7 Å². The largest absolute Gasteiger partial charge is 0.497 e. The van der Waals surface area contributed by atoms with Crippen LogP contribution in [0.5, 0.6) is 5.75 Å². The number of nitrogens with zero attached hydrogens (tertiary/aromatic N) is 3. The number of carbonyl (C=O) groups is 1. The fourth-order valence-electron chi connectivity index (χ4n) is 3.12. The Hall–Kier alpha value is -3.01. The summed E-state index contributed by atoms with van der Waals surface area (Å²) in [4.78, 5) is 14.1. The zero-order valence-electron chi connectivity index (χ0n) is 16.0. The third-order valence-corrected chi connectivity index (χ3v) is 6.14. The van der Waals surface area contributed by atoms with Gasteiger partial charge in [-0.25, -0.2) is 9.78 Å². The fraction of sp³-hybridized carbons (Fsp3) is 0.250. The van der Waals surface area contributed by atoms with Crippen molar-refractivity contribution in [2.24, 2.45) is 0 Å². The van der Waals surface area contributed by atoms with Gasteiger partial charge in [-0.05, 0) is 41.4 Å². The molecule has 0 fully saturated rings. The molecule has 1 aromatic heterocycles. The summed E-state index contributed by atoms with van der Waals surface area (Å²) in [5.74, 6) is 0.590. The van der Waals surface area contributed by atoms with Crippen LogP contribution in [0.3, 0.4) is 0 Å². The van der Waals surface area contributed by atoms with Crippen LogP contribution >= 0.6 is 11.8 Å². The smallest absolute Gasteiger partial charge is 0.425 e. The molecular weight excluding hydrogens is 417 g/mol. The third-order valence-electron chi connectivity index (χ3n) is 4.81. The second-order valence-electron chi connectivity index (χ2n) is 6.62. The molecule has 10 heteroatoms. The first-order valence-electron chi connectivity index (χ1n) is 9.06. The van der Waals surface area contributed by atoms with Crippen LogP contribution in [0, 0.1) is 0 Å². The molecule has 4 rings (SSSR count). The molecule has 1 N–H and O–H groups in total. The van der Waals surface area contributed by atoms with E-state index in [4.69, 9.17) is 4.74 Å². The van der Waals surface area contributed by atoms with Crippen LogP contribution in [0.1, 0.15) is 18.1 Å². The molecule has 156 valence electrons. The number of aromatic nitrogens is 3. The average molecular weight is 434 g/mol. The van der Waals surface area contributed by atoms with Crippen molar-refractivity contribution in [1.29, 1.82) is 0 Å². The number of alkyl halides is 3. The van der Waals surface area contributed by atoms with Crippen molar-refractivity contribution >= 4 is 17.8 Å². The lowest BCUT2D eigenvalue weighted by Crippen LogP contribution is -2.57. The molecule has 0 saturated carbocycles. The maximum atomic E-state index is 14.2. The summed E-state index contributed by atoms with van der Waals surface area (Å²) in [7, 11) is 1.42. The van der Waals surface area contributed by atoms with Crippen molar-refractivity contribution in [2.45, 2.75) is 29.5 Å². The van der Waals surface area contributed by atoms with Gasteiger partial charge in [-0.1, -0.05) is 43.3 Å². The predicted octanol–water partition coefficient (Wildman–Crippen LogP) is 4.59. The first-order valence-corrected chi connectivity index (χ1v) is 9.88. The molecule has 1 aliphatic heterocycles. The molecular formula is C20H17F3N4O2S. The van der Waals surface area contributed by atoms with Gasteiger partial charge < -0.3 is 10.1 Å². The molecule has 1 amide bonds. The van der Waals surface area contributed by atoms with Crippen LogP contribution in [0.2, 0.25) is 0 Å². The summed E-state index contributed by atoms with van der Waals surface area (Å²) in [6.07, 6.45) is -3.94. The second kappa shape index (κ2) is 7.35. The Morgan fingerprint density at radius 2 is 1.80 bits per heavy atom. The third kappa shape index (κ3) is 3.30. The number of hydrogen-bond acceptors (Lipinski definition) is 5. The monoisotopic (exact) mass is 434 g/mol. The molecule has 0 radical (unpaired) electrons. The highest BCUT2D eigenvalue weighted by atomic mass is 32.2. The molecule has 1 atom stereocenters. The van der Waals surface area contributed by atoms with Gasteiger partial charge >= 0.3 is 12.2 Å². The standard InChI is InChI=1S/C20H17F3N4O2S/c1-3-12-4-6-13(7-5-12)16-24-18-27(26-16)17(28)25-19(30-18,20(21,22)23)14-8-10-15(29-2)11-9-14/h4-11H,3H2,1-2H3,(H,25,28)/t19-/m0/s1. The average Bonchev–Trinajstić information content (AvgIpc) is 3.17. The normalized spacial score (nSPS) is 18.6. The van der Waals surface area contributed by atoms with Gasteiger partial charge in [-0.3, -0.25) is 0 Å². The van der Waals surface area contributed by atoms with Gasteiger partial charge in [0.15, 0.2) is 11.0 Å². The predicted molar refractivity (Wildman–Crippen MR) is 105 cm³/mol. The van der Waals surface area contributed by atoms with E-state index < -0.39 is 17.1 Å². The van der Waals surface area contributed by atoms with E-state index in [-0.39, 0.29) is 16.5 Å². The van der Waals surface area contributed by atoms with E-state index in [1.165, 1.54) is 31.4 Å². The zero-order valence-corrected chi connectivity index (χ0v) is 16.8. The van der Waals surface area contributed by atoms with Crippen molar-refractivity contribution in [2.75, 3.05) is 7.11 Å². The SMILES string of the molecule is CCc1ccc(-c2nc3n(n2)C(=O)N[C@](c2ccc(OC)cc2)(C(F)(F)F)S3)cc1. The molecule has 0 saturated heterocycles. The van der Waals surface area contributed by atoms with Gasteiger partial charge in [0.1, 0.15) is 5.75 Å². The Kier molecular flexibility index (Phi) is 4.97. The van der Waals surface area contributed by atoms with E-state index in [0.717, 1.165) is 16.7 Å². The molecule has 6 nitrogen and oxygen atoms in total. The minimum Gasteiger partial charge on any atom is -0.497 e. The summed E-state index contributed by atoms with van der Waals surface area (Å²) in [6.45, 7) is 2.01. The van der Waals surface area contributed by atoms with Crippen LogP contribution in [-0.4, -0.2) is 34.1 Å². The number of hydrogen-bond donors (Lipinski definition) is 1. The van der Waals surface area contributed by atoms with E-state index in [2.05, 4.69) is 15.4 Å². The number of nitrogens with one attached hydrogen (secondary N) is 1. The molecule has 3 aromatic rings. The second-order valence-corrected chi connectivity index (χ2v) is 7.80. The Morgan fingerprint density at radius 3 is 2.37 bits per heavy atom. The Bertz CT molecular complexity index is 1080. The number of benzene rings is 2.